The third-order valence-corrected chi connectivity index (χ3v) is 3.86. The second-order valence-electron chi connectivity index (χ2n) is 5.32. The zero-order valence-corrected chi connectivity index (χ0v) is 11.0. The Morgan fingerprint density at radius 2 is 1.72 bits per heavy atom. The molecular weight excluding hydrogens is 230 g/mol. The third kappa shape index (κ3) is 1.60. The molecular formula is C14H19NO3. The highest BCUT2D eigenvalue weighted by molar-refractivity contribution is 5.62. The van der Waals surface area contributed by atoms with Gasteiger partial charge in [-0.1, -0.05) is 0 Å². The molecule has 0 aromatic heterocycles. The molecule has 1 aromatic carbocycles. The first kappa shape index (κ1) is 11.8. The van der Waals surface area contributed by atoms with Gasteiger partial charge in [0.15, 0.2) is 0 Å². The fourth-order valence-electron chi connectivity index (χ4n) is 3.08. The minimum atomic E-state index is 0.205. The van der Waals surface area contributed by atoms with Crippen LogP contribution in [-0.4, -0.2) is 17.4 Å². The highest BCUT2D eigenvalue weighted by Gasteiger charge is 2.33. The van der Waals surface area contributed by atoms with Crippen molar-refractivity contribution in [1.82, 2.24) is 5.48 Å². The van der Waals surface area contributed by atoms with Crippen molar-refractivity contribution >= 4 is 0 Å². The van der Waals surface area contributed by atoms with E-state index in [9.17, 15) is 0 Å². The molecule has 0 amide bonds. The molecule has 4 heteroatoms. The van der Waals surface area contributed by atoms with Crippen LogP contribution in [0.5, 0.6) is 11.5 Å². The summed E-state index contributed by atoms with van der Waals surface area (Å²) in [6.07, 6.45) is 2.22. The van der Waals surface area contributed by atoms with Gasteiger partial charge in [-0.05, 0) is 26.3 Å². The summed E-state index contributed by atoms with van der Waals surface area (Å²) in [5, 5.41) is 9.04. The lowest BCUT2D eigenvalue weighted by Crippen LogP contribution is -2.12. The van der Waals surface area contributed by atoms with Crippen LogP contribution in [0.2, 0.25) is 0 Å². The first-order valence-electron chi connectivity index (χ1n) is 6.49. The van der Waals surface area contributed by atoms with Gasteiger partial charge in [-0.15, -0.1) is 0 Å². The van der Waals surface area contributed by atoms with Crippen molar-refractivity contribution < 1.29 is 14.7 Å². The second-order valence-corrected chi connectivity index (χ2v) is 5.32. The number of hydrogen-bond acceptors (Lipinski definition) is 4. The molecule has 2 heterocycles. The van der Waals surface area contributed by atoms with Crippen LogP contribution in [0.4, 0.5) is 0 Å². The smallest absolute Gasteiger partial charge is 0.128 e. The summed E-state index contributed by atoms with van der Waals surface area (Å²) in [5.41, 5.74) is 6.94. The maximum absolute atomic E-state index is 9.04. The van der Waals surface area contributed by atoms with E-state index in [4.69, 9.17) is 14.7 Å². The number of hydroxylamine groups is 1. The number of benzene rings is 1. The maximum atomic E-state index is 9.04. The van der Waals surface area contributed by atoms with Crippen LogP contribution in [0.25, 0.3) is 0 Å². The molecule has 0 spiro atoms. The van der Waals surface area contributed by atoms with Crippen molar-refractivity contribution in [2.75, 3.05) is 0 Å². The van der Waals surface area contributed by atoms with E-state index in [1.807, 2.05) is 0 Å². The molecule has 18 heavy (non-hydrogen) atoms. The van der Waals surface area contributed by atoms with Crippen LogP contribution in [0.1, 0.15) is 36.1 Å². The van der Waals surface area contributed by atoms with E-state index in [-0.39, 0.29) is 12.2 Å². The predicted molar refractivity (Wildman–Crippen MR) is 67.4 cm³/mol. The molecule has 98 valence electrons. The molecule has 0 saturated carbocycles. The van der Waals surface area contributed by atoms with Crippen molar-refractivity contribution in [1.29, 1.82) is 0 Å². The SMILES string of the molecule is Cc1c2c(c(CNO)c3c1OC(C)C3)OC(C)C2. The Morgan fingerprint density at radius 1 is 1.11 bits per heavy atom. The van der Waals surface area contributed by atoms with Crippen molar-refractivity contribution in [2.24, 2.45) is 0 Å². The van der Waals surface area contributed by atoms with E-state index >= 15 is 0 Å². The van der Waals surface area contributed by atoms with E-state index in [1.54, 1.807) is 0 Å². The molecule has 2 N–H and O–H groups in total. The molecule has 1 aromatic rings. The molecule has 2 aliphatic rings. The molecule has 0 aliphatic carbocycles. The van der Waals surface area contributed by atoms with Gasteiger partial charge in [0.1, 0.15) is 23.7 Å². The minimum absolute atomic E-state index is 0.205. The van der Waals surface area contributed by atoms with Crippen molar-refractivity contribution in [3.63, 3.8) is 0 Å². The van der Waals surface area contributed by atoms with Gasteiger partial charge in [0.05, 0.1) is 0 Å². The highest BCUT2D eigenvalue weighted by Crippen LogP contribution is 2.46. The van der Waals surface area contributed by atoms with Gasteiger partial charge in [-0.2, -0.15) is 0 Å². The monoisotopic (exact) mass is 249 g/mol. The van der Waals surface area contributed by atoms with Gasteiger partial charge in [-0.3, -0.25) is 0 Å². The fraction of sp³-hybridized carbons (Fsp3) is 0.571. The first-order chi connectivity index (χ1) is 8.61. The molecule has 0 fully saturated rings. The highest BCUT2D eigenvalue weighted by atomic mass is 16.5. The Labute approximate surface area is 107 Å². The number of rotatable bonds is 2. The lowest BCUT2D eigenvalue weighted by atomic mass is 9.94. The number of ether oxygens (including phenoxy) is 2. The first-order valence-corrected chi connectivity index (χ1v) is 6.49. The van der Waals surface area contributed by atoms with Crippen molar-refractivity contribution in [2.45, 2.75) is 52.4 Å². The quantitative estimate of drug-likeness (QED) is 0.788. The summed E-state index contributed by atoms with van der Waals surface area (Å²) in [6, 6.07) is 0. The summed E-state index contributed by atoms with van der Waals surface area (Å²) in [6.45, 7) is 6.66. The number of nitrogens with one attached hydrogen (secondary N) is 1. The maximum Gasteiger partial charge on any atom is 0.128 e. The topological polar surface area (TPSA) is 50.7 Å². The summed E-state index contributed by atoms with van der Waals surface area (Å²) in [4.78, 5) is 0. The van der Waals surface area contributed by atoms with Gasteiger partial charge in [0, 0.05) is 36.1 Å². The van der Waals surface area contributed by atoms with Crippen LogP contribution in [-0.2, 0) is 19.4 Å². The predicted octanol–water partition coefficient (Wildman–Crippen LogP) is 2.12. The molecule has 2 unspecified atom stereocenters. The zero-order chi connectivity index (χ0) is 12.9. The molecule has 0 bridgehead atoms. The summed E-state index contributed by atoms with van der Waals surface area (Å²) >= 11 is 0. The van der Waals surface area contributed by atoms with Crippen molar-refractivity contribution in [3.05, 3.63) is 22.3 Å². The molecule has 2 atom stereocenters. The van der Waals surface area contributed by atoms with Crippen LogP contribution in [0, 0.1) is 6.92 Å². The molecule has 2 aliphatic heterocycles. The van der Waals surface area contributed by atoms with E-state index < -0.39 is 0 Å². The summed E-state index contributed by atoms with van der Waals surface area (Å²) in [7, 11) is 0. The Kier molecular flexibility index (Phi) is 2.72. The normalized spacial score (nSPS) is 24.4. The lowest BCUT2D eigenvalue weighted by Gasteiger charge is -2.15. The van der Waals surface area contributed by atoms with Gasteiger partial charge in [-0.25, -0.2) is 5.48 Å². The molecule has 0 radical (unpaired) electrons. The summed E-state index contributed by atoms with van der Waals surface area (Å²) < 4.78 is 11.8. The second kappa shape index (κ2) is 4.14. The number of hydrogen-bond donors (Lipinski definition) is 2. The zero-order valence-electron chi connectivity index (χ0n) is 11.0. The van der Waals surface area contributed by atoms with Crippen molar-refractivity contribution in [3.8, 4) is 11.5 Å². The largest absolute Gasteiger partial charge is 0.490 e. The van der Waals surface area contributed by atoms with Gasteiger partial charge < -0.3 is 14.7 Å². The van der Waals surface area contributed by atoms with Crippen LogP contribution in [0.3, 0.4) is 0 Å². The molecule has 0 saturated heterocycles. The van der Waals surface area contributed by atoms with E-state index in [0.29, 0.717) is 6.54 Å². The van der Waals surface area contributed by atoms with E-state index in [1.165, 1.54) is 16.7 Å². The van der Waals surface area contributed by atoms with Crippen LogP contribution in [0.15, 0.2) is 0 Å². The van der Waals surface area contributed by atoms with E-state index in [2.05, 4.69) is 26.3 Å². The molecule has 3 rings (SSSR count). The Bertz CT molecular complexity index is 459. The van der Waals surface area contributed by atoms with Gasteiger partial charge in [0.25, 0.3) is 0 Å². The van der Waals surface area contributed by atoms with Gasteiger partial charge >= 0.3 is 0 Å². The minimum Gasteiger partial charge on any atom is -0.490 e. The van der Waals surface area contributed by atoms with E-state index in [0.717, 1.165) is 29.9 Å². The lowest BCUT2D eigenvalue weighted by molar-refractivity contribution is 0.158. The van der Waals surface area contributed by atoms with Gasteiger partial charge in [0.2, 0.25) is 0 Å². The average molecular weight is 249 g/mol. The Balaban J connectivity index is 2.19. The number of fused-ring (bicyclic) bond motifs is 2. The molecule has 4 nitrogen and oxygen atoms in total. The third-order valence-electron chi connectivity index (χ3n) is 3.86. The summed E-state index contributed by atoms with van der Waals surface area (Å²) in [5.74, 6) is 1.96. The standard InChI is InChI=1S/C14H19NO3/c1-7-4-10-9(3)13-11(5-8(2)17-13)12(6-15-16)14(10)18-7/h7-8,15-16H,4-6H2,1-3H3. The Morgan fingerprint density at radius 3 is 2.39 bits per heavy atom. The van der Waals surface area contributed by atoms with Crippen LogP contribution < -0.4 is 15.0 Å². The fourth-order valence-corrected chi connectivity index (χ4v) is 3.08. The van der Waals surface area contributed by atoms with Crippen LogP contribution >= 0.6 is 0 Å². The average Bonchev–Trinajstić information content (AvgIpc) is 2.88. The Hall–Kier alpha value is -1.26.